The maximum atomic E-state index is 12.0. The van der Waals surface area contributed by atoms with Gasteiger partial charge in [-0.3, -0.25) is 14.2 Å². The minimum absolute atomic E-state index is 0.127. The van der Waals surface area contributed by atoms with Crippen LogP contribution in [0.5, 0.6) is 5.75 Å². The van der Waals surface area contributed by atoms with Gasteiger partial charge in [-0.2, -0.15) is 15.2 Å². The molecule has 164 valence electrons. The van der Waals surface area contributed by atoms with E-state index in [0.717, 1.165) is 11.4 Å². The van der Waals surface area contributed by atoms with Gasteiger partial charge in [-0.05, 0) is 19.1 Å². The summed E-state index contributed by atoms with van der Waals surface area (Å²) in [6.07, 6.45) is 4.77. The first kappa shape index (κ1) is 20.8. The van der Waals surface area contributed by atoms with E-state index >= 15 is 0 Å². The molecule has 0 atom stereocenters. The van der Waals surface area contributed by atoms with E-state index in [1.54, 1.807) is 42.1 Å². The third-order valence-electron chi connectivity index (χ3n) is 4.63. The van der Waals surface area contributed by atoms with E-state index in [4.69, 9.17) is 10.5 Å². The van der Waals surface area contributed by atoms with E-state index in [-0.39, 0.29) is 17.3 Å². The van der Waals surface area contributed by atoms with Crippen LogP contribution in [0.2, 0.25) is 0 Å². The zero-order chi connectivity index (χ0) is 22.8. The highest BCUT2D eigenvalue weighted by Gasteiger charge is 2.18. The van der Waals surface area contributed by atoms with Gasteiger partial charge < -0.3 is 21.1 Å². The average molecular weight is 434 g/mol. The second-order valence-electron chi connectivity index (χ2n) is 7.00. The molecule has 32 heavy (non-hydrogen) atoms. The number of methoxy groups -OCH3 is 1. The number of carbonyl (C=O) groups excluding carboxylic acids is 1. The van der Waals surface area contributed by atoms with Crippen LogP contribution >= 0.6 is 0 Å². The molecule has 0 aliphatic rings. The number of ether oxygens (including phenoxy) is 1. The summed E-state index contributed by atoms with van der Waals surface area (Å²) in [4.78, 5) is 24.9. The van der Waals surface area contributed by atoms with E-state index in [9.17, 15) is 4.79 Å². The lowest BCUT2D eigenvalue weighted by Gasteiger charge is -2.15. The standard InChI is InChI=1S/C20H22N10O2/c1-11-15(9-29(2)27-11)25-20-22-8-13(17(21)31)19(26-20)24-14-7-5-6-12(16(14)32-4)18-23-10-30(3)28-18/h5-10H,1-4H3,(H2,21,31)(H2,22,24,25,26). The van der Waals surface area contributed by atoms with Gasteiger partial charge in [0.05, 0.1) is 29.7 Å². The average Bonchev–Trinajstić information content (AvgIpc) is 3.32. The van der Waals surface area contributed by atoms with E-state index in [2.05, 4.69) is 35.8 Å². The number of rotatable bonds is 7. The van der Waals surface area contributed by atoms with Crippen LogP contribution in [0.15, 0.2) is 36.9 Å². The zero-order valence-corrected chi connectivity index (χ0v) is 18.0. The van der Waals surface area contributed by atoms with Crippen molar-refractivity contribution >= 4 is 29.0 Å². The molecule has 12 heteroatoms. The normalized spacial score (nSPS) is 10.8. The number of hydrogen-bond donors (Lipinski definition) is 3. The van der Waals surface area contributed by atoms with Gasteiger partial charge in [-0.1, -0.05) is 6.07 Å². The Morgan fingerprint density at radius 2 is 1.91 bits per heavy atom. The fraction of sp³-hybridized carbons (Fsp3) is 0.200. The van der Waals surface area contributed by atoms with Crippen LogP contribution in [0.25, 0.3) is 11.4 Å². The Labute approximate surface area is 183 Å². The van der Waals surface area contributed by atoms with Crippen molar-refractivity contribution in [2.75, 3.05) is 17.7 Å². The lowest BCUT2D eigenvalue weighted by atomic mass is 10.1. The molecule has 12 nitrogen and oxygen atoms in total. The number of nitrogens with one attached hydrogen (secondary N) is 2. The summed E-state index contributed by atoms with van der Waals surface area (Å²) in [5, 5.41) is 14.9. The molecule has 0 aliphatic carbocycles. The van der Waals surface area contributed by atoms with Crippen molar-refractivity contribution < 1.29 is 9.53 Å². The first-order valence-corrected chi connectivity index (χ1v) is 9.60. The summed E-state index contributed by atoms with van der Waals surface area (Å²) in [7, 11) is 5.14. The summed E-state index contributed by atoms with van der Waals surface area (Å²) in [5.74, 6) is 0.819. The highest BCUT2D eigenvalue weighted by Crippen LogP contribution is 2.36. The van der Waals surface area contributed by atoms with Crippen molar-refractivity contribution in [3.05, 3.63) is 48.2 Å². The third-order valence-corrected chi connectivity index (χ3v) is 4.63. The summed E-state index contributed by atoms with van der Waals surface area (Å²) in [5.41, 5.74) is 8.43. The van der Waals surface area contributed by atoms with Crippen molar-refractivity contribution in [2.24, 2.45) is 19.8 Å². The molecule has 0 bridgehead atoms. The molecule has 1 amide bonds. The van der Waals surface area contributed by atoms with Crippen molar-refractivity contribution in [1.29, 1.82) is 0 Å². The minimum atomic E-state index is -0.668. The van der Waals surface area contributed by atoms with Crippen molar-refractivity contribution in [3.8, 4) is 17.1 Å². The van der Waals surface area contributed by atoms with E-state index in [0.29, 0.717) is 22.8 Å². The number of benzene rings is 1. The molecule has 1 aromatic carbocycles. The number of nitrogens with zero attached hydrogens (tertiary/aromatic N) is 7. The van der Waals surface area contributed by atoms with Crippen LogP contribution in [0, 0.1) is 6.92 Å². The molecule has 0 saturated heterocycles. The van der Waals surface area contributed by atoms with Gasteiger partial charge in [0.15, 0.2) is 11.6 Å². The second kappa shape index (κ2) is 8.34. The van der Waals surface area contributed by atoms with Gasteiger partial charge >= 0.3 is 0 Å². The SMILES string of the molecule is COc1c(Nc2nc(Nc3cn(C)nc3C)ncc2C(N)=O)cccc1-c1ncn(C)n1. The molecule has 4 N–H and O–H groups in total. The second-order valence-corrected chi connectivity index (χ2v) is 7.00. The van der Waals surface area contributed by atoms with E-state index < -0.39 is 5.91 Å². The predicted molar refractivity (Wildman–Crippen MR) is 118 cm³/mol. The van der Waals surface area contributed by atoms with Gasteiger partial charge in [0.1, 0.15) is 17.7 Å². The lowest BCUT2D eigenvalue weighted by Crippen LogP contribution is -2.16. The Kier molecular flexibility index (Phi) is 5.41. The van der Waals surface area contributed by atoms with Gasteiger partial charge in [0.2, 0.25) is 5.95 Å². The molecule has 0 unspecified atom stereocenters. The highest BCUT2D eigenvalue weighted by molar-refractivity contribution is 5.98. The van der Waals surface area contributed by atoms with Crippen LogP contribution in [-0.2, 0) is 14.1 Å². The molecular weight excluding hydrogens is 412 g/mol. The molecule has 0 fully saturated rings. The Balaban J connectivity index is 1.73. The number of hydrogen-bond acceptors (Lipinski definition) is 9. The number of aromatic nitrogens is 7. The zero-order valence-electron chi connectivity index (χ0n) is 18.0. The first-order valence-electron chi connectivity index (χ1n) is 9.60. The number of amides is 1. The molecule has 0 spiro atoms. The summed E-state index contributed by atoms with van der Waals surface area (Å²) in [6.45, 7) is 1.86. The Bertz CT molecular complexity index is 1290. The Hall–Kier alpha value is -4.48. The van der Waals surface area contributed by atoms with Gasteiger partial charge in [0.25, 0.3) is 5.91 Å². The molecule has 3 heterocycles. The van der Waals surface area contributed by atoms with Gasteiger partial charge in [-0.25, -0.2) is 9.97 Å². The predicted octanol–water partition coefficient (Wildman–Crippen LogP) is 1.91. The molecular formula is C20H22N10O2. The summed E-state index contributed by atoms with van der Waals surface area (Å²) in [6, 6.07) is 5.45. The van der Waals surface area contributed by atoms with Crippen LogP contribution in [-0.4, -0.2) is 47.5 Å². The van der Waals surface area contributed by atoms with E-state index in [1.807, 2.05) is 26.1 Å². The molecule has 4 aromatic rings. The summed E-state index contributed by atoms with van der Waals surface area (Å²) >= 11 is 0. The topological polar surface area (TPSA) is 151 Å². The maximum Gasteiger partial charge on any atom is 0.254 e. The highest BCUT2D eigenvalue weighted by atomic mass is 16.5. The summed E-state index contributed by atoms with van der Waals surface area (Å²) < 4.78 is 8.90. The number of carbonyl (C=O) groups is 1. The van der Waals surface area contributed by atoms with Gasteiger partial charge in [-0.15, -0.1) is 0 Å². The third kappa shape index (κ3) is 4.05. The number of primary amides is 1. The van der Waals surface area contributed by atoms with Gasteiger partial charge in [0, 0.05) is 26.5 Å². The first-order chi connectivity index (χ1) is 15.4. The quantitative estimate of drug-likeness (QED) is 0.396. The molecule has 4 rings (SSSR count). The Morgan fingerprint density at radius 1 is 1.09 bits per heavy atom. The molecule has 0 aliphatic heterocycles. The smallest absolute Gasteiger partial charge is 0.254 e. The number of nitrogens with two attached hydrogens (primary N) is 1. The molecule has 0 saturated carbocycles. The van der Waals surface area contributed by atoms with Crippen molar-refractivity contribution in [1.82, 2.24) is 34.5 Å². The monoisotopic (exact) mass is 434 g/mol. The van der Waals surface area contributed by atoms with Crippen LogP contribution < -0.4 is 21.1 Å². The fourth-order valence-electron chi connectivity index (χ4n) is 3.18. The fourth-order valence-corrected chi connectivity index (χ4v) is 3.18. The van der Waals surface area contributed by atoms with Crippen LogP contribution in [0.1, 0.15) is 16.1 Å². The maximum absolute atomic E-state index is 12.0. The number of para-hydroxylation sites is 1. The number of anilines is 4. The van der Waals surface area contributed by atoms with E-state index in [1.165, 1.54) is 6.20 Å². The minimum Gasteiger partial charge on any atom is -0.494 e. The molecule has 3 aromatic heterocycles. The largest absolute Gasteiger partial charge is 0.494 e. The Morgan fingerprint density at radius 3 is 2.53 bits per heavy atom. The lowest BCUT2D eigenvalue weighted by molar-refractivity contribution is 0.100. The molecule has 0 radical (unpaired) electrons. The van der Waals surface area contributed by atoms with Crippen LogP contribution in [0.4, 0.5) is 23.1 Å². The van der Waals surface area contributed by atoms with Crippen molar-refractivity contribution in [3.63, 3.8) is 0 Å². The van der Waals surface area contributed by atoms with Crippen molar-refractivity contribution in [2.45, 2.75) is 6.92 Å². The number of aryl methyl sites for hydroxylation is 3. The van der Waals surface area contributed by atoms with Crippen LogP contribution in [0.3, 0.4) is 0 Å².